The second kappa shape index (κ2) is 10.9. The van der Waals surface area contributed by atoms with Gasteiger partial charge < -0.3 is 9.47 Å². The molecule has 0 amide bonds. The predicted octanol–water partition coefficient (Wildman–Crippen LogP) is 4.56. The van der Waals surface area contributed by atoms with Crippen molar-refractivity contribution in [2.75, 3.05) is 33.3 Å². The Bertz CT molecular complexity index is 1340. The fraction of sp³-hybridized carbons (Fsp3) is 0.481. The summed E-state index contributed by atoms with van der Waals surface area (Å²) in [6.07, 6.45) is 5.46. The van der Waals surface area contributed by atoms with Crippen LogP contribution in [0.4, 0.5) is 4.39 Å². The molecule has 1 atom stereocenters. The fourth-order valence-electron chi connectivity index (χ4n) is 5.10. The summed E-state index contributed by atoms with van der Waals surface area (Å²) < 4.78 is 53.3. The van der Waals surface area contributed by atoms with Gasteiger partial charge in [0.2, 0.25) is 15.9 Å². The largest absolute Gasteiger partial charge is 0.497 e. The van der Waals surface area contributed by atoms with Gasteiger partial charge in [0.25, 0.3) is 0 Å². The molecule has 1 aliphatic carbocycles. The van der Waals surface area contributed by atoms with Crippen molar-refractivity contribution < 1.29 is 22.3 Å². The Labute approximate surface area is 217 Å². The molecule has 2 aliphatic rings. The summed E-state index contributed by atoms with van der Waals surface area (Å²) in [4.78, 5) is 11.9. The van der Waals surface area contributed by atoms with Crippen LogP contribution < -0.4 is 9.47 Å². The van der Waals surface area contributed by atoms with Gasteiger partial charge >= 0.3 is 0 Å². The minimum atomic E-state index is -3.59. The smallest absolute Gasteiger partial charge is 0.243 e. The summed E-state index contributed by atoms with van der Waals surface area (Å²) in [7, 11) is -2.04. The first-order valence-corrected chi connectivity index (χ1v) is 14.3. The molecule has 1 saturated heterocycles. The van der Waals surface area contributed by atoms with Crippen LogP contribution >= 0.6 is 0 Å². The fourth-order valence-corrected chi connectivity index (χ4v) is 6.52. The van der Waals surface area contributed by atoms with Gasteiger partial charge in [-0.2, -0.15) is 9.29 Å². The molecule has 10 heteroatoms. The van der Waals surface area contributed by atoms with E-state index in [2.05, 4.69) is 4.90 Å². The molecular formula is C27H33FN4O4S. The highest BCUT2D eigenvalue weighted by atomic mass is 32.2. The van der Waals surface area contributed by atoms with Crippen molar-refractivity contribution in [3.05, 3.63) is 54.1 Å². The van der Waals surface area contributed by atoms with Crippen LogP contribution in [-0.4, -0.2) is 67.0 Å². The number of piperazine rings is 1. The number of halogens is 1. The number of ether oxygens (including phenoxy) is 2. The first-order chi connectivity index (χ1) is 17.8. The lowest BCUT2D eigenvalue weighted by molar-refractivity contribution is 0.135. The van der Waals surface area contributed by atoms with Crippen LogP contribution in [0.2, 0.25) is 0 Å². The quantitative estimate of drug-likeness (QED) is 0.445. The second-order valence-corrected chi connectivity index (χ2v) is 11.7. The van der Waals surface area contributed by atoms with Gasteiger partial charge in [-0.15, -0.1) is 0 Å². The molecule has 0 bridgehead atoms. The molecule has 198 valence electrons. The number of fused-ring (bicyclic) bond motifs is 1. The lowest BCUT2D eigenvalue weighted by Crippen LogP contribution is -2.49. The van der Waals surface area contributed by atoms with Gasteiger partial charge in [-0.25, -0.2) is 17.8 Å². The van der Waals surface area contributed by atoms with Crippen LogP contribution in [0.5, 0.6) is 11.6 Å². The number of hydrogen-bond donors (Lipinski definition) is 0. The Morgan fingerprint density at radius 1 is 0.973 bits per heavy atom. The summed E-state index contributed by atoms with van der Waals surface area (Å²) in [6, 6.07) is 10.8. The molecule has 1 aromatic heterocycles. The highest BCUT2D eigenvalue weighted by Crippen LogP contribution is 2.31. The van der Waals surface area contributed by atoms with Crippen LogP contribution in [0, 0.1) is 5.82 Å². The van der Waals surface area contributed by atoms with Gasteiger partial charge in [0, 0.05) is 26.2 Å². The van der Waals surface area contributed by atoms with Crippen molar-refractivity contribution in [3.63, 3.8) is 0 Å². The maximum absolute atomic E-state index is 14.1. The van der Waals surface area contributed by atoms with Gasteiger partial charge in [-0.3, -0.25) is 4.90 Å². The van der Waals surface area contributed by atoms with E-state index >= 15 is 0 Å². The van der Waals surface area contributed by atoms with E-state index in [-0.39, 0.29) is 22.9 Å². The number of hydrogen-bond acceptors (Lipinski definition) is 7. The summed E-state index contributed by atoms with van der Waals surface area (Å²) in [5, 5.41) is 0.580. The lowest BCUT2D eigenvalue weighted by atomic mass is 9.98. The SMILES string of the molecule is COc1ccc(S(=O)(=O)N2CCN(C(C)c3nc(OC4CCCCC4)c4cc(F)ccc4n3)CC2)cc1. The summed E-state index contributed by atoms with van der Waals surface area (Å²) in [6.45, 7) is 3.83. The van der Waals surface area contributed by atoms with Crippen molar-refractivity contribution >= 4 is 20.9 Å². The Morgan fingerprint density at radius 2 is 1.68 bits per heavy atom. The number of benzene rings is 2. The van der Waals surface area contributed by atoms with E-state index in [1.54, 1.807) is 37.4 Å². The van der Waals surface area contributed by atoms with Crippen molar-refractivity contribution in [2.45, 2.75) is 56.1 Å². The molecule has 1 unspecified atom stereocenters. The Morgan fingerprint density at radius 3 is 2.35 bits per heavy atom. The third kappa shape index (κ3) is 5.56. The first-order valence-electron chi connectivity index (χ1n) is 12.9. The van der Waals surface area contributed by atoms with E-state index in [1.807, 2.05) is 6.92 Å². The highest BCUT2D eigenvalue weighted by molar-refractivity contribution is 7.89. The molecule has 1 aliphatic heterocycles. The van der Waals surface area contributed by atoms with Crippen LogP contribution in [0.1, 0.15) is 50.9 Å². The molecule has 8 nitrogen and oxygen atoms in total. The van der Waals surface area contributed by atoms with Crippen molar-refractivity contribution in [1.29, 1.82) is 0 Å². The summed E-state index contributed by atoms with van der Waals surface area (Å²) in [5.74, 6) is 1.29. The van der Waals surface area contributed by atoms with Crippen molar-refractivity contribution in [1.82, 2.24) is 19.2 Å². The molecule has 0 spiro atoms. The van der Waals surface area contributed by atoms with Gasteiger partial charge in [0.15, 0.2) is 0 Å². The maximum Gasteiger partial charge on any atom is 0.243 e. The second-order valence-electron chi connectivity index (χ2n) is 9.72. The minimum absolute atomic E-state index is 0.0741. The van der Waals surface area contributed by atoms with Crippen LogP contribution in [0.25, 0.3) is 10.9 Å². The molecule has 2 fully saturated rings. The van der Waals surface area contributed by atoms with Crippen molar-refractivity contribution in [2.24, 2.45) is 0 Å². The summed E-state index contributed by atoms with van der Waals surface area (Å²) in [5.41, 5.74) is 0.643. The van der Waals surface area contributed by atoms with E-state index in [0.29, 0.717) is 54.5 Å². The van der Waals surface area contributed by atoms with Crippen LogP contribution in [0.15, 0.2) is 47.4 Å². The van der Waals surface area contributed by atoms with Crippen LogP contribution in [-0.2, 0) is 10.0 Å². The van der Waals surface area contributed by atoms with E-state index in [0.717, 1.165) is 25.7 Å². The Kier molecular flexibility index (Phi) is 7.60. The van der Waals surface area contributed by atoms with E-state index < -0.39 is 10.0 Å². The molecule has 0 radical (unpaired) electrons. The number of methoxy groups -OCH3 is 1. The molecule has 2 aromatic carbocycles. The van der Waals surface area contributed by atoms with E-state index in [9.17, 15) is 12.8 Å². The average Bonchev–Trinajstić information content (AvgIpc) is 2.93. The monoisotopic (exact) mass is 528 g/mol. The zero-order valence-electron chi connectivity index (χ0n) is 21.3. The highest BCUT2D eigenvalue weighted by Gasteiger charge is 2.31. The number of nitrogens with zero attached hydrogens (tertiary/aromatic N) is 4. The molecular weight excluding hydrogens is 495 g/mol. The normalized spacial score (nSPS) is 19.1. The van der Waals surface area contributed by atoms with Gasteiger partial charge in [-0.1, -0.05) is 6.42 Å². The topological polar surface area (TPSA) is 84.9 Å². The zero-order chi connectivity index (χ0) is 26.0. The molecule has 3 aromatic rings. The van der Waals surface area contributed by atoms with Gasteiger partial charge in [0.1, 0.15) is 23.5 Å². The van der Waals surface area contributed by atoms with E-state index in [4.69, 9.17) is 19.4 Å². The average molecular weight is 529 g/mol. The Hall–Kier alpha value is -2.82. The standard InChI is InChI=1S/C27H33FN4O4S/c1-19(31-14-16-32(17-15-31)37(33,34)23-11-9-21(35-2)10-12-23)26-29-25-13-8-20(28)18-24(25)27(30-26)36-22-6-4-3-5-7-22/h8-13,18-19,22H,3-7,14-17H2,1-2H3. The van der Waals surface area contributed by atoms with Gasteiger partial charge in [0.05, 0.1) is 29.0 Å². The zero-order valence-corrected chi connectivity index (χ0v) is 22.1. The molecule has 37 heavy (non-hydrogen) atoms. The third-order valence-electron chi connectivity index (χ3n) is 7.36. The number of aromatic nitrogens is 2. The number of sulfonamides is 1. The lowest BCUT2D eigenvalue weighted by Gasteiger charge is -2.37. The predicted molar refractivity (Wildman–Crippen MR) is 139 cm³/mol. The van der Waals surface area contributed by atoms with Gasteiger partial charge in [-0.05, 0) is 75.1 Å². The maximum atomic E-state index is 14.1. The Balaban J connectivity index is 1.33. The molecule has 5 rings (SSSR count). The minimum Gasteiger partial charge on any atom is -0.497 e. The number of rotatable bonds is 7. The third-order valence-corrected chi connectivity index (χ3v) is 9.28. The molecule has 1 saturated carbocycles. The first kappa shape index (κ1) is 25.8. The van der Waals surface area contributed by atoms with E-state index in [1.165, 1.54) is 22.9 Å². The van der Waals surface area contributed by atoms with Crippen LogP contribution in [0.3, 0.4) is 0 Å². The van der Waals surface area contributed by atoms with Crippen molar-refractivity contribution in [3.8, 4) is 11.6 Å². The summed E-state index contributed by atoms with van der Waals surface area (Å²) >= 11 is 0. The molecule has 2 heterocycles. The molecule has 0 N–H and O–H groups in total.